The maximum absolute atomic E-state index is 12.5. The molecule has 0 aliphatic rings. The second kappa shape index (κ2) is 8.00. The number of benzene rings is 1. The van der Waals surface area contributed by atoms with Crippen molar-refractivity contribution >= 4 is 23.2 Å². The molecule has 9 nitrogen and oxygen atoms in total. The fraction of sp³-hybridized carbons (Fsp3) is 0.333. The number of likely N-dealkylation sites (N-methyl/N-ethyl adjacent to an activating group) is 1. The number of rotatable bonds is 5. The van der Waals surface area contributed by atoms with Crippen molar-refractivity contribution < 1.29 is 9.59 Å². The zero-order valence-electron chi connectivity index (χ0n) is 16.0. The van der Waals surface area contributed by atoms with Gasteiger partial charge in [0.15, 0.2) is 0 Å². The molecule has 27 heavy (non-hydrogen) atoms. The van der Waals surface area contributed by atoms with Crippen LogP contribution in [-0.2, 0) is 18.9 Å². The molecule has 9 heteroatoms. The van der Waals surface area contributed by atoms with E-state index in [0.717, 1.165) is 20.8 Å². The Morgan fingerprint density at radius 3 is 2.30 bits per heavy atom. The summed E-state index contributed by atoms with van der Waals surface area (Å²) in [4.78, 5) is 49.8. The third kappa shape index (κ3) is 4.70. The molecule has 0 aliphatic carbocycles. The third-order valence-corrected chi connectivity index (χ3v) is 3.98. The van der Waals surface area contributed by atoms with Crippen molar-refractivity contribution in [3.05, 3.63) is 56.4 Å². The van der Waals surface area contributed by atoms with E-state index in [1.807, 2.05) is 0 Å². The molecule has 0 atom stereocenters. The zero-order chi connectivity index (χ0) is 20.3. The van der Waals surface area contributed by atoms with E-state index in [1.165, 1.54) is 14.1 Å². The third-order valence-electron chi connectivity index (χ3n) is 3.98. The molecule has 0 saturated heterocycles. The van der Waals surface area contributed by atoms with E-state index in [1.54, 1.807) is 44.1 Å². The fourth-order valence-electron chi connectivity index (χ4n) is 2.50. The van der Waals surface area contributed by atoms with Gasteiger partial charge in [-0.2, -0.15) is 0 Å². The molecule has 2 amide bonds. The summed E-state index contributed by atoms with van der Waals surface area (Å²) in [5, 5.41) is 5.46. The van der Waals surface area contributed by atoms with Crippen LogP contribution in [-0.4, -0.2) is 46.5 Å². The Morgan fingerprint density at radius 2 is 1.70 bits per heavy atom. The quantitative estimate of drug-likeness (QED) is 0.776. The van der Waals surface area contributed by atoms with Gasteiger partial charge in [-0.3, -0.25) is 23.5 Å². The molecule has 2 rings (SSSR count). The Balaban J connectivity index is 2.20. The summed E-state index contributed by atoms with van der Waals surface area (Å²) in [5.74, 6) is -0.717. The highest BCUT2D eigenvalue weighted by Crippen LogP contribution is 2.20. The number of hydrogen-bond donors (Lipinski definition) is 2. The van der Waals surface area contributed by atoms with E-state index in [4.69, 9.17) is 0 Å². The number of nitrogens with one attached hydrogen (secondary N) is 2. The first kappa shape index (κ1) is 20.1. The summed E-state index contributed by atoms with van der Waals surface area (Å²) in [6, 6.07) is 6.12. The number of anilines is 2. The van der Waals surface area contributed by atoms with E-state index in [0.29, 0.717) is 11.4 Å². The fourth-order valence-corrected chi connectivity index (χ4v) is 2.50. The van der Waals surface area contributed by atoms with Gasteiger partial charge in [0.2, 0.25) is 5.91 Å². The Hall–Kier alpha value is -3.20. The average molecular weight is 373 g/mol. The number of hydrogen-bond acceptors (Lipinski definition) is 5. The van der Waals surface area contributed by atoms with Crippen LogP contribution in [0.2, 0.25) is 0 Å². The van der Waals surface area contributed by atoms with Gasteiger partial charge in [-0.05, 0) is 44.8 Å². The van der Waals surface area contributed by atoms with Crippen molar-refractivity contribution in [1.82, 2.24) is 14.0 Å². The van der Waals surface area contributed by atoms with Gasteiger partial charge >= 0.3 is 5.69 Å². The van der Waals surface area contributed by atoms with Crippen molar-refractivity contribution in [2.45, 2.75) is 6.92 Å². The highest BCUT2D eigenvalue weighted by Gasteiger charge is 2.14. The number of carbonyl (C=O) groups is 2. The molecule has 144 valence electrons. The van der Waals surface area contributed by atoms with Crippen LogP contribution in [0.3, 0.4) is 0 Å². The van der Waals surface area contributed by atoms with Crippen LogP contribution in [0, 0.1) is 6.92 Å². The van der Waals surface area contributed by atoms with Gasteiger partial charge in [0.1, 0.15) is 5.69 Å². The monoisotopic (exact) mass is 373 g/mol. The Bertz CT molecular complexity index is 1000. The lowest BCUT2D eigenvalue weighted by molar-refractivity contribution is -0.116. The Labute approximate surface area is 156 Å². The van der Waals surface area contributed by atoms with E-state index in [9.17, 15) is 19.2 Å². The molecule has 0 fully saturated rings. The maximum Gasteiger partial charge on any atom is 0.331 e. The first-order chi connectivity index (χ1) is 12.6. The van der Waals surface area contributed by atoms with Crippen LogP contribution in [0.5, 0.6) is 0 Å². The van der Waals surface area contributed by atoms with E-state index < -0.39 is 17.2 Å². The molecule has 1 aromatic heterocycles. The summed E-state index contributed by atoms with van der Waals surface area (Å²) in [6.45, 7) is 2.06. The molecular formula is C18H23N5O4. The molecule has 1 heterocycles. The second-order valence-electron chi connectivity index (χ2n) is 6.54. The summed E-state index contributed by atoms with van der Waals surface area (Å²) in [7, 11) is 6.37. The lowest BCUT2D eigenvalue weighted by atomic mass is 10.1. The van der Waals surface area contributed by atoms with Crippen LogP contribution >= 0.6 is 0 Å². The van der Waals surface area contributed by atoms with Crippen molar-refractivity contribution in [3.63, 3.8) is 0 Å². The highest BCUT2D eigenvalue weighted by molar-refractivity contribution is 6.03. The first-order valence-electron chi connectivity index (χ1n) is 8.23. The van der Waals surface area contributed by atoms with Crippen molar-refractivity contribution in [2.75, 3.05) is 31.3 Å². The van der Waals surface area contributed by atoms with Gasteiger partial charge in [-0.25, -0.2) is 4.79 Å². The molecule has 2 aromatic rings. The van der Waals surface area contributed by atoms with Crippen LogP contribution in [0.1, 0.15) is 16.1 Å². The Morgan fingerprint density at radius 1 is 1.04 bits per heavy atom. The normalized spacial score (nSPS) is 10.7. The molecule has 0 spiro atoms. The number of nitrogens with zero attached hydrogens (tertiary/aromatic N) is 3. The van der Waals surface area contributed by atoms with E-state index in [-0.39, 0.29) is 18.1 Å². The van der Waals surface area contributed by atoms with Gasteiger partial charge in [0, 0.05) is 31.5 Å². The lowest BCUT2D eigenvalue weighted by Crippen LogP contribution is -2.40. The summed E-state index contributed by atoms with van der Waals surface area (Å²) in [5.41, 5.74) is 0.708. The SMILES string of the molecule is Cc1cc(NC(=O)c2cc(=O)n(C)c(=O)n2C)ccc1NC(=O)CN(C)C. The highest BCUT2D eigenvalue weighted by atomic mass is 16.2. The molecule has 0 bridgehead atoms. The predicted molar refractivity (Wildman–Crippen MR) is 103 cm³/mol. The molecule has 0 radical (unpaired) electrons. The van der Waals surface area contributed by atoms with Crippen LogP contribution < -0.4 is 21.9 Å². The van der Waals surface area contributed by atoms with Crippen LogP contribution in [0.25, 0.3) is 0 Å². The molecule has 1 aromatic carbocycles. The summed E-state index contributed by atoms with van der Waals surface area (Å²) in [6.07, 6.45) is 0. The maximum atomic E-state index is 12.5. The smallest absolute Gasteiger partial charge is 0.325 e. The summed E-state index contributed by atoms with van der Waals surface area (Å²) < 4.78 is 2.03. The minimum absolute atomic E-state index is 0.0379. The second-order valence-corrected chi connectivity index (χ2v) is 6.54. The van der Waals surface area contributed by atoms with Crippen molar-refractivity contribution in [1.29, 1.82) is 0 Å². The van der Waals surface area contributed by atoms with Gasteiger partial charge < -0.3 is 15.5 Å². The number of aromatic nitrogens is 2. The van der Waals surface area contributed by atoms with Crippen molar-refractivity contribution in [2.24, 2.45) is 14.1 Å². The number of carbonyl (C=O) groups excluding carboxylic acids is 2. The van der Waals surface area contributed by atoms with Gasteiger partial charge in [0.25, 0.3) is 11.5 Å². The molecule has 0 aliphatic heterocycles. The Kier molecular flexibility index (Phi) is 5.96. The largest absolute Gasteiger partial charge is 0.331 e. The van der Waals surface area contributed by atoms with Gasteiger partial charge in [-0.1, -0.05) is 0 Å². The molecule has 2 N–H and O–H groups in total. The minimum atomic E-state index is -0.581. The predicted octanol–water partition coefficient (Wildman–Crippen LogP) is 0.145. The van der Waals surface area contributed by atoms with E-state index >= 15 is 0 Å². The minimum Gasteiger partial charge on any atom is -0.325 e. The van der Waals surface area contributed by atoms with Gasteiger partial charge in [0.05, 0.1) is 6.54 Å². The standard InChI is InChI=1S/C18H23N5O4/c1-11-8-12(6-7-13(11)20-15(24)10-21(2)3)19-17(26)14-9-16(25)23(5)18(27)22(14)4/h6-9H,10H2,1-5H3,(H,19,26)(H,20,24). The average Bonchev–Trinajstić information content (AvgIpc) is 2.57. The topological polar surface area (TPSA) is 105 Å². The summed E-state index contributed by atoms with van der Waals surface area (Å²) >= 11 is 0. The molecule has 0 unspecified atom stereocenters. The van der Waals surface area contributed by atoms with Gasteiger partial charge in [-0.15, -0.1) is 0 Å². The zero-order valence-corrected chi connectivity index (χ0v) is 16.0. The van der Waals surface area contributed by atoms with Crippen LogP contribution in [0.4, 0.5) is 11.4 Å². The van der Waals surface area contributed by atoms with Crippen LogP contribution in [0.15, 0.2) is 33.9 Å². The van der Waals surface area contributed by atoms with Crippen molar-refractivity contribution in [3.8, 4) is 0 Å². The van der Waals surface area contributed by atoms with E-state index in [2.05, 4.69) is 10.6 Å². The molecular weight excluding hydrogens is 350 g/mol. The number of aryl methyl sites for hydroxylation is 1. The lowest BCUT2D eigenvalue weighted by Gasteiger charge is -2.14. The first-order valence-corrected chi connectivity index (χ1v) is 8.23. The number of amides is 2. The molecule has 0 saturated carbocycles.